The molecule has 5 rings (SSSR count). The Hall–Kier alpha value is -4.51. The van der Waals surface area contributed by atoms with E-state index in [1.807, 2.05) is 62.5 Å². The molecule has 0 aliphatic carbocycles. The van der Waals surface area contributed by atoms with Crippen molar-refractivity contribution in [2.45, 2.75) is 45.4 Å². The number of alkyl halides is 1. The average Bonchev–Trinajstić information content (AvgIpc) is 2.95. The lowest BCUT2D eigenvalue weighted by molar-refractivity contribution is -0.147. The van der Waals surface area contributed by atoms with Gasteiger partial charge in [0.2, 0.25) is 0 Å². The zero-order valence-corrected chi connectivity index (χ0v) is 23.4. The van der Waals surface area contributed by atoms with Crippen LogP contribution < -0.4 is 9.64 Å². The van der Waals surface area contributed by atoms with Crippen LogP contribution in [-0.4, -0.2) is 58.7 Å². The van der Waals surface area contributed by atoms with Crippen molar-refractivity contribution in [3.8, 4) is 34.1 Å². The highest BCUT2D eigenvalue weighted by molar-refractivity contribution is 6.00. The fourth-order valence-corrected chi connectivity index (χ4v) is 5.53. The van der Waals surface area contributed by atoms with Crippen molar-refractivity contribution in [2.75, 3.05) is 25.1 Å². The first-order valence-corrected chi connectivity index (χ1v) is 13.3. The van der Waals surface area contributed by atoms with Crippen LogP contribution in [0.15, 0.2) is 67.0 Å². The number of nitrogens with zero attached hydrogens (tertiary/aromatic N) is 5. The van der Waals surface area contributed by atoms with Gasteiger partial charge in [-0.15, -0.1) is 0 Å². The molecule has 0 saturated carbocycles. The van der Waals surface area contributed by atoms with E-state index in [1.54, 1.807) is 30.3 Å². The Morgan fingerprint density at radius 1 is 0.975 bits per heavy atom. The zero-order chi connectivity index (χ0) is 28.6. The molecule has 40 heavy (non-hydrogen) atoms. The van der Waals surface area contributed by atoms with E-state index in [0.717, 1.165) is 39.0 Å². The van der Waals surface area contributed by atoms with Gasteiger partial charge >= 0.3 is 0 Å². The molecule has 4 aromatic rings. The number of fused-ring (bicyclic) bond motifs is 1. The molecular weight excluding hydrogens is 505 g/mol. The van der Waals surface area contributed by atoms with Crippen LogP contribution >= 0.6 is 0 Å². The highest BCUT2D eigenvalue weighted by Gasteiger charge is 2.40. The number of carbonyl (C=O) groups excluding carboxylic acids is 1. The first kappa shape index (κ1) is 27.1. The number of ether oxygens (including phenoxy) is 1. The van der Waals surface area contributed by atoms with Gasteiger partial charge in [0.25, 0.3) is 5.91 Å². The molecule has 1 aliphatic heterocycles. The Morgan fingerprint density at radius 2 is 1.65 bits per heavy atom. The van der Waals surface area contributed by atoms with Crippen molar-refractivity contribution >= 4 is 22.6 Å². The van der Waals surface area contributed by atoms with Gasteiger partial charge in [-0.2, -0.15) is 5.26 Å². The number of carbonyl (C=O) groups is 1. The summed E-state index contributed by atoms with van der Waals surface area (Å²) >= 11 is 0. The third kappa shape index (κ3) is 4.95. The Bertz CT molecular complexity index is 1580. The quantitative estimate of drug-likeness (QED) is 0.310. The normalized spacial score (nSPS) is 17.5. The van der Waals surface area contributed by atoms with Crippen molar-refractivity contribution in [2.24, 2.45) is 0 Å². The van der Waals surface area contributed by atoms with E-state index in [4.69, 9.17) is 20.0 Å². The summed E-state index contributed by atoms with van der Waals surface area (Å²) < 4.78 is 20.3. The van der Waals surface area contributed by atoms with Gasteiger partial charge in [0.05, 0.1) is 24.3 Å². The van der Waals surface area contributed by atoms with Crippen molar-refractivity contribution in [1.82, 2.24) is 14.9 Å². The number of hydrogen-bond donors (Lipinski definition) is 0. The van der Waals surface area contributed by atoms with Gasteiger partial charge in [-0.25, -0.2) is 9.37 Å². The van der Waals surface area contributed by atoms with E-state index >= 15 is 0 Å². The SMILES string of the molecule is COc1c(-c2ccc(N3C[C@@H](C)N(C(=O)C(C)(C)F)[C@@H](C)C3)nc2)cnc2c(-c3ccc(C#N)cc3)cccc12. The maximum absolute atomic E-state index is 14.4. The van der Waals surface area contributed by atoms with E-state index in [2.05, 4.69) is 11.0 Å². The topological polar surface area (TPSA) is 82.3 Å². The predicted octanol–water partition coefficient (Wildman–Crippen LogP) is 6.02. The third-order valence-electron chi connectivity index (χ3n) is 7.42. The first-order valence-electron chi connectivity index (χ1n) is 13.3. The number of halogens is 1. The van der Waals surface area contributed by atoms with E-state index in [9.17, 15) is 9.18 Å². The Labute approximate surface area is 233 Å². The van der Waals surface area contributed by atoms with Gasteiger partial charge in [-0.3, -0.25) is 9.78 Å². The van der Waals surface area contributed by atoms with Crippen LogP contribution in [0.4, 0.5) is 10.2 Å². The maximum Gasteiger partial charge on any atom is 0.260 e. The molecule has 1 saturated heterocycles. The molecule has 0 spiro atoms. The number of piperazine rings is 1. The molecule has 0 radical (unpaired) electrons. The molecule has 1 aliphatic rings. The van der Waals surface area contributed by atoms with Crippen LogP contribution in [0.5, 0.6) is 5.75 Å². The molecule has 0 unspecified atom stereocenters. The number of methoxy groups -OCH3 is 1. The summed E-state index contributed by atoms with van der Waals surface area (Å²) in [6.07, 6.45) is 3.61. The smallest absolute Gasteiger partial charge is 0.260 e. The van der Waals surface area contributed by atoms with Crippen molar-refractivity contribution in [3.05, 3.63) is 72.6 Å². The summed E-state index contributed by atoms with van der Waals surface area (Å²) in [5, 5.41) is 10.0. The predicted molar refractivity (Wildman–Crippen MR) is 155 cm³/mol. The Balaban J connectivity index is 1.43. The minimum Gasteiger partial charge on any atom is -0.495 e. The van der Waals surface area contributed by atoms with Crippen molar-refractivity contribution in [3.63, 3.8) is 0 Å². The summed E-state index contributed by atoms with van der Waals surface area (Å²) in [6.45, 7) is 7.64. The molecule has 2 aromatic carbocycles. The van der Waals surface area contributed by atoms with E-state index in [1.165, 1.54) is 13.8 Å². The molecule has 3 heterocycles. The molecule has 7 nitrogen and oxygen atoms in total. The van der Waals surface area contributed by atoms with Gasteiger partial charge in [0.15, 0.2) is 5.67 Å². The molecule has 204 valence electrons. The van der Waals surface area contributed by atoms with E-state index < -0.39 is 11.6 Å². The molecule has 2 atom stereocenters. The number of nitriles is 1. The summed E-state index contributed by atoms with van der Waals surface area (Å²) in [4.78, 5) is 26.0. The number of hydrogen-bond acceptors (Lipinski definition) is 6. The maximum atomic E-state index is 14.4. The Morgan fingerprint density at radius 3 is 2.23 bits per heavy atom. The second-order valence-electron chi connectivity index (χ2n) is 10.8. The number of amides is 1. The Kier molecular flexibility index (Phi) is 7.16. The van der Waals surface area contributed by atoms with E-state index in [-0.39, 0.29) is 12.1 Å². The third-order valence-corrected chi connectivity index (χ3v) is 7.42. The van der Waals surface area contributed by atoms with Gasteiger partial charge in [0.1, 0.15) is 11.6 Å². The lowest BCUT2D eigenvalue weighted by atomic mass is 9.98. The number of anilines is 1. The van der Waals surface area contributed by atoms with Crippen LogP contribution in [0.1, 0.15) is 33.3 Å². The number of benzene rings is 2. The standard InChI is InChI=1S/C32H32FN5O2/c1-20-18-37(19-21(2)38(20)31(39)32(3,4)33)28-14-13-24(16-35-28)27-17-36-29-25(7-6-8-26(29)30(27)40-5)23-11-9-22(15-34)10-12-23/h6-14,16-17,20-21H,18-19H2,1-5H3/t20-,21+. The lowest BCUT2D eigenvalue weighted by Gasteiger charge is -2.46. The highest BCUT2D eigenvalue weighted by atomic mass is 19.1. The number of para-hydroxylation sites is 1. The molecule has 1 amide bonds. The van der Waals surface area contributed by atoms with Gasteiger partial charge in [-0.1, -0.05) is 24.3 Å². The summed E-state index contributed by atoms with van der Waals surface area (Å²) in [5.41, 5.74) is 3.14. The molecule has 1 fully saturated rings. The molecule has 0 bridgehead atoms. The highest BCUT2D eigenvalue weighted by Crippen LogP contribution is 2.39. The monoisotopic (exact) mass is 537 g/mol. The number of aromatic nitrogens is 2. The zero-order valence-electron chi connectivity index (χ0n) is 23.4. The lowest BCUT2D eigenvalue weighted by Crippen LogP contribution is -2.61. The molecule has 0 N–H and O–H groups in total. The first-order chi connectivity index (χ1) is 19.1. The van der Waals surface area contributed by atoms with Crippen LogP contribution in [0, 0.1) is 11.3 Å². The van der Waals surface area contributed by atoms with Gasteiger partial charge < -0.3 is 14.5 Å². The summed E-state index contributed by atoms with van der Waals surface area (Å²) in [6, 6.07) is 19.2. The second kappa shape index (κ2) is 10.6. The number of rotatable bonds is 5. The van der Waals surface area contributed by atoms with Crippen LogP contribution in [0.25, 0.3) is 33.2 Å². The van der Waals surface area contributed by atoms with Crippen LogP contribution in [0.2, 0.25) is 0 Å². The average molecular weight is 538 g/mol. The van der Waals surface area contributed by atoms with Gasteiger partial charge in [-0.05, 0) is 63.6 Å². The molecule has 8 heteroatoms. The van der Waals surface area contributed by atoms with Crippen LogP contribution in [0.3, 0.4) is 0 Å². The minimum atomic E-state index is -1.90. The fourth-order valence-electron chi connectivity index (χ4n) is 5.53. The molecular formula is C32H32FN5O2. The van der Waals surface area contributed by atoms with Crippen LogP contribution in [-0.2, 0) is 4.79 Å². The largest absolute Gasteiger partial charge is 0.495 e. The second-order valence-corrected chi connectivity index (χ2v) is 10.8. The van der Waals surface area contributed by atoms with Crippen molar-refractivity contribution in [1.29, 1.82) is 5.26 Å². The van der Waals surface area contributed by atoms with E-state index in [0.29, 0.717) is 24.4 Å². The minimum absolute atomic E-state index is 0.150. The van der Waals surface area contributed by atoms with Gasteiger partial charge in [0, 0.05) is 59.6 Å². The summed E-state index contributed by atoms with van der Waals surface area (Å²) in [7, 11) is 1.65. The van der Waals surface area contributed by atoms with Crippen molar-refractivity contribution < 1.29 is 13.9 Å². The fraction of sp³-hybridized carbons (Fsp3) is 0.312. The molecule has 2 aromatic heterocycles. The summed E-state index contributed by atoms with van der Waals surface area (Å²) in [5.74, 6) is 1.02. The number of pyridine rings is 2.